The molecule has 0 aliphatic heterocycles. The minimum atomic E-state index is -0.511. The molecule has 0 bridgehead atoms. The topological polar surface area (TPSA) is 107 Å². The number of hydrogen-bond acceptors (Lipinski definition) is 5. The third-order valence-corrected chi connectivity index (χ3v) is 3.48. The first-order valence-corrected chi connectivity index (χ1v) is 7.79. The molecule has 4 N–H and O–H groups in total. The van der Waals surface area contributed by atoms with Gasteiger partial charge in [-0.15, -0.1) is 0 Å². The molecule has 130 valence electrons. The number of para-hydroxylation sites is 1. The lowest BCUT2D eigenvalue weighted by atomic mass is 10.1. The number of carbonyl (C=O) groups excluding carboxylic acids is 1. The third kappa shape index (κ3) is 3.72. The molecule has 7 heteroatoms. The predicted octanol–water partition coefficient (Wildman–Crippen LogP) is 2.85. The van der Waals surface area contributed by atoms with Crippen LogP contribution in [0.3, 0.4) is 0 Å². The van der Waals surface area contributed by atoms with Gasteiger partial charge in [0.1, 0.15) is 11.7 Å². The Kier molecular flexibility index (Phi) is 4.70. The van der Waals surface area contributed by atoms with Crippen molar-refractivity contribution in [3.05, 3.63) is 77.5 Å². The normalized spacial score (nSPS) is 12.4. The SMILES string of the molecule is C/C(N)=C/C(N)=Nc1nc(C(=O)c2cccc(F)c2)nc2ccccc12. The summed E-state index contributed by atoms with van der Waals surface area (Å²) in [4.78, 5) is 25.4. The Hall–Kier alpha value is -3.61. The molecule has 0 saturated carbocycles. The molecule has 0 unspecified atom stereocenters. The molecule has 0 radical (unpaired) electrons. The smallest absolute Gasteiger partial charge is 0.230 e. The van der Waals surface area contributed by atoms with Crippen molar-refractivity contribution in [2.45, 2.75) is 6.92 Å². The Labute approximate surface area is 149 Å². The summed E-state index contributed by atoms with van der Waals surface area (Å²) in [5.41, 5.74) is 12.6. The lowest BCUT2D eigenvalue weighted by molar-refractivity contribution is 0.102. The summed E-state index contributed by atoms with van der Waals surface area (Å²) in [6.45, 7) is 1.68. The fourth-order valence-corrected chi connectivity index (χ4v) is 2.39. The van der Waals surface area contributed by atoms with E-state index < -0.39 is 11.6 Å². The highest BCUT2D eigenvalue weighted by molar-refractivity contribution is 6.08. The van der Waals surface area contributed by atoms with E-state index in [-0.39, 0.29) is 23.0 Å². The van der Waals surface area contributed by atoms with Crippen LogP contribution in [-0.2, 0) is 0 Å². The number of carbonyl (C=O) groups is 1. The molecule has 1 aromatic heterocycles. The minimum Gasteiger partial charge on any atom is -0.402 e. The lowest BCUT2D eigenvalue weighted by Crippen LogP contribution is -2.11. The van der Waals surface area contributed by atoms with Gasteiger partial charge in [0.2, 0.25) is 11.6 Å². The highest BCUT2D eigenvalue weighted by atomic mass is 19.1. The quantitative estimate of drug-likeness (QED) is 0.428. The van der Waals surface area contributed by atoms with Gasteiger partial charge in [0.15, 0.2) is 5.82 Å². The number of amidine groups is 1. The van der Waals surface area contributed by atoms with E-state index in [0.717, 1.165) is 6.07 Å². The Morgan fingerprint density at radius 3 is 2.62 bits per heavy atom. The summed E-state index contributed by atoms with van der Waals surface area (Å²) in [5, 5.41) is 0.634. The van der Waals surface area contributed by atoms with Gasteiger partial charge in [-0.1, -0.05) is 24.3 Å². The van der Waals surface area contributed by atoms with E-state index in [9.17, 15) is 9.18 Å². The maximum atomic E-state index is 13.4. The molecule has 26 heavy (non-hydrogen) atoms. The van der Waals surface area contributed by atoms with E-state index >= 15 is 0 Å². The van der Waals surface area contributed by atoms with Gasteiger partial charge < -0.3 is 11.5 Å². The van der Waals surface area contributed by atoms with Crippen LogP contribution in [0.2, 0.25) is 0 Å². The fraction of sp³-hybridized carbons (Fsp3) is 0.0526. The van der Waals surface area contributed by atoms with Crippen molar-refractivity contribution < 1.29 is 9.18 Å². The molecule has 0 aliphatic carbocycles. The molecule has 0 atom stereocenters. The van der Waals surface area contributed by atoms with Crippen molar-refractivity contribution in [2.75, 3.05) is 0 Å². The monoisotopic (exact) mass is 349 g/mol. The molecular weight excluding hydrogens is 333 g/mol. The molecule has 0 amide bonds. The summed E-state index contributed by atoms with van der Waals surface area (Å²) < 4.78 is 13.4. The van der Waals surface area contributed by atoms with Crippen LogP contribution in [-0.4, -0.2) is 21.6 Å². The largest absolute Gasteiger partial charge is 0.402 e. The van der Waals surface area contributed by atoms with Crippen LogP contribution in [0.15, 0.2) is 65.3 Å². The van der Waals surface area contributed by atoms with E-state index in [2.05, 4.69) is 15.0 Å². The van der Waals surface area contributed by atoms with Crippen molar-refractivity contribution in [1.82, 2.24) is 9.97 Å². The molecular formula is C19H16FN5O. The summed E-state index contributed by atoms with van der Waals surface area (Å²) in [5.74, 6) is -0.712. The summed E-state index contributed by atoms with van der Waals surface area (Å²) in [7, 11) is 0. The van der Waals surface area contributed by atoms with Crippen molar-refractivity contribution in [2.24, 2.45) is 16.5 Å². The van der Waals surface area contributed by atoms with Gasteiger partial charge in [-0.3, -0.25) is 4.79 Å². The number of aromatic nitrogens is 2. The number of rotatable bonds is 4. The highest BCUT2D eigenvalue weighted by Crippen LogP contribution is 2.23. The predicted molar refractivity (Wildman–Crippen MR) is 98.6 cm³/mol. The number of allylic oxidation sites excluding steroid dienone is 1. The van der Waals surface area contributed by atoms with Gasteiger partial charge in [0.05, 0.1) is 5.52 Å². The van der Waals surface area contributed by atoms with Crippen LogP contribution in [0.5, 0.6) is 0 Å². The lowest BCUT2D eigenvalue weighted by Gasteiger charge is -2.06. The molecule has 0 aliphatic rings. The minimum absolute atomic E-state index is 0.0886. The van der Waals surface area contributed by atoms with Crippen LogP contribution in [0.25, 0.3) is 10.9 Å². The first-order chi connectivity index (χ1) is 12.4. The number of benzene rings is 2. The molecule has 1 heterocycles. The number of halogens is 1. The van der Waals surface area contributed by atoms with E-state index in [0.29, 0.717) is 16.6 Å². The number of aliphatic imine (C=N–C) groups is 1. The average molecular weight is 349 g/mol. The van der Waals surface area contributed by atoms with Crippen molar-refractivity contribution in [3.8, 4) is 0 Å². The Morgan fingerprint density at radius 1 is 1.12 bits per heavy atom. The molecule has 3 rings (SSSR count). The maximum Gasteiger partial charge on any atom is 0.230 e. The molecule has 2 aromatic carbocycles. The molecule has 0 fully saturated rings. The summed E-state index contributed by atoms with van der Waals surface area (Å²) >= 11 is 0. The second-order valence-corrected chi connectivity index (χ2v) is 5.65. The molecule has 0 saturated heterocycles. The van der Waals surface area contributed by atoms with Crippen molar-refractivity contribution in [3.63, 3.8) is 0 Å². The van der Waals surface area contributed by atoms with Gasteiger partial charge in [0.25, 0.3) is 0 Å². The fourth-order valence-electron chi connectivity index (χ4n) is 2.39. The number of hydrogen-bond donors (Lipinski definition) is 2. The number of nitrogens with zero attached hydrogens (tertiary/aromatic N) is 3. The zero-order valence-corrected chi connectivity index (χ0v) is 14.0. The van der Waals surface area contributed by atoms with Crippen LogP contribution >= 0.6 is 0 Å². The molecule has 3 aromatic rings. The first kappa shape index (κ1) is 17.2. The second kappa shape index (κ2) is 7.10. The Bertz CT molecular complexity index is 1050. The standard InChI is InChI=1S/C19H16FN5O/c1-11(21)9-16(22)24-18-14-7-2-3-8-15(14)23-19(25-18)17(26)12-5-4-6-13(20)10-12/h2-10H,21H2,1H3,(H2,22,23,24,25)/b11-9-. The van der Waals surface area contributed by atoms with Crippen LogP contribution in [0, 0.1) is 5.82 Å². The van der Waals surface area contributed by atoms with Gasteiger partial charge in [-0.25, -0.2) is 19.4 Å². The van der Waals surface area contributed by atoms with E-state index in [1.165, 1.54) is 24.3 Å². The zero-order chi connectivity index (χ0) is 18.7. The maximum absolute atomic E-state index is 13.4. The highest BCUT2D eigenvalue weighted by Gasteiger charge is 2.16. The van der Waals surface area contributed by atoms with E-state index in [1.807, 2.05) is 0 Å². The van der Waals surface area contributed by atoms with E-state index in [1.54, 1.807) is 31.2 Å². The Morgan fingerprint density at radius 2 is 1.88 bits per heavy atom. The summed E-state index contributed by atoms with van der Waals surface area (Å²) in [6, 6.07) is 12.5. The summed E-state index contributed by atoms with van der Waals surface area (Å²) in [6.07, 6.45) is 1.49. The number of ketones is 1. The average Bonchev–Trinajstić information content (AvgIpc) is 2.60. The van der Waals surface area contributed by atoms with Gasteiger partial charge in [-0.05, 0) is 37.3 Å². The third-order valence-electron chi connectivity index (χ3n) is 3.48. The van der Waals surface area contributed by atoms with Crippen LogP contribution in [0.1, 0.15) is 23.1 Å². The Balaban J connectivity index is 2.16. The number of fused-ring (bicyclic) bond motifs is 1. The first-order valence-electron chi connectivity index (χ1n) is 7.79. The van der Waals surface area contributed by atoms with E-state index in [4.69, 9.17) is 11.5 Å². The zero-order valence-electron chi connectivity index (χ0n) is 14.0. The van der Waals surface area contributed by atoms with Gasteiger partial charge in [-0.2, -0.15) is 0 Å². The van der Waals surface area contributed by atoms with Gasteiger partial charge >= 0.3 is 0 Å². The van der Waals surface area contributed by atoms with Crippen molar-refractivity contribution in [1.29, 1.82) is 0 Å². The van der Waals surface area contributed by atoms with Crippen LogP contribution in [0.4, 0.5) is 10.2 Å². The van der Waals surface area contributed by atoms with Crippen molar-refractivity contribution >= 4 is 28.3 Å². The van der Waals surface area contributed by atoms with Crippen LogP contribution < -0.4 is 11.5 Å². The number of nitrogens with two attached hydrogens (primary N) is 2. The molecule has 6 nitrogen and oxygen atoms in total. The molecule has 0 spiro atoms. The van der Waals surface area contributed by atoms with Gasteiger partial charge in [0, 0.05) is 16.6 Å². The second-order valence-electron chi connectivity index (χ2n) is 5.65.